The number of benzene rings is 1. The first-order valence-corrected chi connectivity index (χ1v) is 9.71. The predicted octanol–water partition coefficient (Wildman–Crippen LogP) is 2.50. The Labute approximate surface area is 178 Å². The van der Waals surface area contributed by atoms with E-state index in [9.17, 15) is 24.3 Å². The molecule has 1 aliphatic heterocycles. The predicted molar refractivity (Wildman–Crippen MR) is 114 cm³/mol. The van der Waals surface area contributed by atoms with Crippen molar-refractivity contribution in [3.63, 3.8) is 0 Å². The van der Waals surface area contributed by atoms with E-state index in [4.69, 9.17) is 4.74 Å². The summed E-state index contributed by atoms with van der Waals surface area (Å²) in [5, 5.41) is 14.6. The summed E-state index contributed by atoms with van der Waals surface area (Å²) in [7, 11) is 0. The van der Waals surface area contributed by atoms with E-state index in [1.807, 2.05) is 0 Å². The Morgan fingerprint density at radius 3 is 2.61 bits per heavy atom. The molecule has 2 amide bonds. The summed E-state index contributed by atoms with van der Waals surface area (Å²) in [6.07, 6.45) is 1.58. The summed E-state index contributed by atoms with van der Waals surface area (Å²) in [6.45, 7) is 6.87. The van der Waals surface area contributed by atoms with Gasteiger partial charge < -0.3 is 25.5 Å². The molecular weight excluding hydrogens is 402 g/mol. The Morgan fingerprint density at radius 1 is 1.26 bits per heavy atom. The lowest BCUT2D eigenvalue weighted by molar-refractivity contribution is -0.144. The summed E-state index contributed by atoms with van der Waals surface area (Å²) in [5.74, 6) is -2.44. The minimum absolute atomic E-state index is 0.0635. The van der Waals surface area contributed by atoms with Crippen LogP contribution in [0.3, 0.4) is 0 Å². The van der Waals surface area contributed by atoms with Crippen LogP contribution < -0.4 is 10.6 Å². The number of anilines is 1. The smallest absolute Gasteiger partial charge is 0.335 e. The molecule has 9 heteroatoms. The maximum absolute atomic E-state index is 12.7. The normalized spacial score (nSPS) is 14.7. The first-order chi connectivity index (χ1) is 14.6. The molecule has 1 aliphatic rings. The number of carboxylic acids is 1. The van der Waals surface area contributed by atoms with Crippen LogP contribution in [0.1, 0.15) is 57.1 Å². The number of fused-ring (bicyclic) bond motifs is 1. The third-order valence-corrected chi connectivity index (χ3v) is 5.03. The number of ether oxygens (including phenoxy) is 1. The molecule has 31 heavy (non-hydrogen) atoms. The van der Waals surface area contributed by atoms with Crippen molar-refractivity contribution in [2.75, 3.05) is 11.9 Å². The van der Waals surface area contributed by atoms with E-state index >= 15 is 0 Å². The second-order valence-electron chi connectivity index (χ2n) is 7.19. The van der Waals surface area contributed by atoms with Gasteiger partial charge in [-0.25, -0.2) is 9.59 Å². The summed E-state index contributed by atoms with van der Waals surface area (Å²) < 4.78 is 4.91. The van der Waals surface area contributed by atoms with Crippen molar-refractivity contribution >= 4 is 41.1 Å². The molecule has 4 N–H and O–H groups in total. The monoisotopic (exact) mass is 425 g/mol. The highest BCUT2D eigenvalue weighted by Crippen LogP contribution is 2.34. The van der Waals surface area contributed by atoms with Gasteiger partial charge in [-0.15, -0.1) is 0 Å². The number of H-pyrrole nitrogens is 1. The van der Waals surface area contributed by atoms with E-state index < -0.39 is 23.9 Å². The number of aromatic carboxylic acids is 1. The molecule has 0 aliphatic carbocycles. The summed E-state index contributed by atoms with van der Waals surface area (Å²) in [6, 6.07) is 3.58. The van der Waals surface area contributed by atoms with Crippen LogP contribution in [-0.4, -0.2) is 46.5 Å². The van der Waals surface area contributed by atoms with E-state index in [2.05, 4.69) is 15.6 Å². The van der Waals surface area contributed by atoms with Crippen molar-refractivity contribution in [2.24, 2.45) is 0 Å². The fourth-order valence-electron chi connectivity index (χ4n) is 3.46. The lowest BCUT2D eigenvalue weighted by Crippen LogP contribution is -2.39. The molecule has 2 heterocycles. The van der Waals surface area contributed by atoms with Gasteiger partial charge >= 0.3 is 11.9 Å². The van der Waals surface area contributed by atoms with Crippen LogP contribution in [0.5, 0.6) is 0 Å². The zero-order valence-corrected chi connectivity index (χ0v) is 17.6. The van der Waals surface area contributed by atoms with Crippen LogP contribution >= 0.6 is 0 Å². The van der Waals surface area contributed by atoms with Crippen molar-refractivity contribution in [1.82, 2.24) is 10.3 Å². The Hall–Kier alpha value is -3.88. The highest BCUT2D eigenvalue weighted by molar-refractivity contribution is 6.35. The molecule has 1 aromatic carbocycles. The molecule has 0 bridgehead atoms. The van der Waals surface area contributed by atoms with E-state index in [-0.39, 0.29) is 23.7 Å². The molecular formula is C22H23N3O6. The number of aryl methyl sites for hydroxylation is 1. The van der Waals surface area contributed by atoms with Gasteiger partial charge in [0.15, 0.2) is 0 Å². The van der Waals surface area contributed by atoms with Gasteiger partial charge in [-0.3, -0.25) is 9.59 Å². The molecule has 0 radical (unpaired) electrons. The standard InChI is InChI=1S/C22H23N3O6/c1-5-31-22(30)12(4)24-20(27)18-10(2)17(23-11(18)3)9-15-14-8-13(21(28)29)6-7-16(14)25-19(15)26/h6-9,12,23H,5H2,1-4H3,(H,24,27)(H,25,26)(H,28,29)/b15-9-/t12-/m0/s1. The van der Waals surface area contributed by atoms with Crippen molar-refractivity contribution in [2.45, 2.75) is 33.7 Å². The van der Waals surface area contributed by atoms with Crippen LogP contribution in [0.2, 0.25) is 0 Å². The lowest BCUT2D eigenvalue weighted by Gasteiger charge is -2.13. The number of rotatable bonds is 6. The molecule has 1 aromatic heterocycles. The number of aromatic amines is 1. The number of carboxylic acid groups (broad SMARTS) is 1. The average molecular weight is 425 g/mol. The van der Waals surface area contributed by atoms with Gasteiger partial charge in [0.2, 0.25) is 0 Å². The van der Waals surface area contributed by atoms with Gasteiger partial charge in [-0.2, -0.15) is 0 Å². The zero-order chi connectivity index (χ0) is 22.9. The van der Waals surface area contributed by atoms with E-state index in [1.165, 1.54) is 19.1 Å². The van der Waals surface area contributed by atoms with Gasteiger partial charge in [-0.05, 0) is 57.5 Å². The Kier molecular flexibility index (Phi) is 5.96. The second kappa shape index (κ2) is 8.47. The van der Waals surface area contributed by atoms with E-state index in [0.29, 0.717) is 33.8 Å². The van der Waals surface area contributed by atoms with Gasteiger partial charge in [0.25, 0.3) is 11.8 Å². The number of hydrogen-bond acceptors (Lipinski definition) is 5. The zero-order valence-electron chi connectivity index (χ0n) is 17.6. The Morgan fingerprint density at radius 2 is 1.97 bits per heavy atom. The van der Waals surface area contributed by atoms with Crippen LogP contribution in [0.25, 0.3) is 11.6 Å². The first kappa shape index (κ1) is 21.8. The fourth-order valence-corrected chi connectivity index (χ4v) is 3.46. The number of nitrogens with one attached hydrogen (secondary N) is 3. The van der Waals surface area contributed by atoms with Crippen molar-refractivity contribution in [3.05, 3.63) is 51.8 Å². The number of aromatic nitrogens is 1. The number of carbonyl (C=O) groups excluding carboxylic acids is 3. The average Bonchev–Trinajstić information content (AvgIpc) is 3.16. The largest absolute Gasteiger partial charge is 0.478 e. The molecule has 0 spiro atoms. The molecule has 9 nitrogen and oxygen atoms in total. The molecule has 0 saturated heterocycles. The third kappa shape index (κ3) is 4.20. The number of carbonyl (C=O) groups is 4. The van der Waals surface area contributed by atoms with Crippen LogP contribution in [-0.2, 0) is 14.3 Å². The van der Waals surface area contributed by atoms with E-state index in [0.717, 1.165) is 0 Å². The number of esters is 1. The molecule has 1 atom stereocenters. The van der Waals surface area contributed by atoms with Gasteiger partial charge in [0, 0.05) is 22.6 Å². The Bertz CT molecular complexity index is 1130. The van der Waals surface area contributed by atoms with Crippen molar-refractivity contribution in [1.29, 1.82) is 0 Å². The summed E-state index contributed by atoms with van der Waals surface area (Å²) in [5.41, 5.74) is 3.39. The summed E-state index contributed by atoms with van der Waals surface area (Å²) >= 11 is 0. The van der Waals surface area contributed by atoms with Crippen molar-refractivity contribution in [3.8, 4) is 0 Å². The van der Waals surface area contributed by atoms with Gasteiger partial charge in [0.1, 0.15) is 6.04 Å². The van der Waals surface area contributed by atoms with Gasteiger partial charge in [0.05, 0.1) is 23.3 Å². The highest BCUT2D eigenvalue weighted by Gasteiger charge is 2.27. The second-order valence-corrected chi connectivity index (χ2v) is 7.19. The first-order valence-electron chi connectivity index (χ1n) is 9.71. The lowest BCUT2D eigenvalue weighted by atomic mass is 10.0. The van der Waals surface area contributed by atoms with Gasteiger partial charge in [-0.1, -0.05) is 0 Å². The fraction of sp³-hybridized carbons (Fsp3) is 0.273. The third-order valence-electron chi connectivity index (χ3n) is 5.03. The van der Waals surface area contributed by atoms with Crippen LogP contribution in [0.15, 0.2) is 18.2 Å². The maximum Gasteiger partial charge on any atom is 0.335 e. The topological polar surface area (TPSA) is 138 Å². The quantitative estimate of drug-likeness (QED) is 0.414. The molecule has 0 fully saturated rings. The van der Waals surface area contributed by atoms with Crippen LogP contribution in [0, 0.1) is 13.8 Å². The molecule has 162 valence electrons. The molecule has 2 aromatic rings. The number of amides is 2. The molecule has 3 rings (SSSR count). The SMILES string of the molecule is CCOC(=O)[C@H](C)NC(=O)c1c(C)[nH]c(/C=C2\C(=O)Nc3ccc(C(=O)O)cc32)c1C. The Balaban J connectivity index is 1.95. The maximum atomic E-state index is 12.7. The molecule has 0 unspecified atom stereocenters. The minimum atomic E-state index is -1.09. The minimum Gasteiger partial charge on any atom is -0.478 e. The van der Waals surface area contributed by atoms with Crippen LogP contribution in [0.4, 0.5) is 5.69 Å². The van der Waals surface area contributed by atoms with E-state index in [1.54, 1.807) is 32.9 Å². The summed E-state index contributed by atoms with van der Waals surface area (Å²) in [4.78, 5) is 51.4. The highest BCUT2D eigenvalue weighted by atomic mass is 16.5. The van der Waals surface area contributed by atoms with Crippen molar-refractivity contribution < 1.29 is 29.0 Å². The number of hydrogen-bond donors (Lipinski definition) is 4. The molecule has 0 saturated carbocycles.